The molecule has 0 atom stereocenters. The largest absolute Gasteiger partial charge is 0.337 e. The Hall–Kier alpha value is -2.19. The summed E-state index contributed by atoms with van der Waals surface area (Å²) in [6, 6.07) is 15.8. The zero-order valence-electron chi connectivity index (χ0n) is 15.6. The van der Waals surface area contributed by atoms with Crippen molar-refractivity contribution in [2.45, 2.75) is 11.3 Å². The lowest BCUT2D eigenvalue weighted by Gasteiger charge is -2.22. The van der Waals surface area contributed by atoms with Gasteiger partial charge in [-0.3, -0.25) is 4.79 Å². The topological polar surface area (TPSA) is 92.5 Å². The highest BCUT2D eigenvalue weighted by atomic mass is 35.5. The lowest BCUT2D eigenvalue weighted by molar-refractivity contribution is 0.0762. The maximum absolute atomic E-state index is 12.8. The van der Waals surface area contributed by atoms with E-state index in [-0.39, 0.29) is 29.8 Å². The number of sulfonamides is 1. The van der Waals surface area contributed by atoms with Crippen LogP contribution in [0.5, 0.6) is 0 Å². The van der Waals surface area contributed by atoms with Crippen LogP contribution in [-0.2, 0) is 16.4 Å². The van der Waals surface area contributed by atoms with Crippen LogP contribution in [0.25, 0.3) is 0 Å². The third-order valence-electron chi connectivity index (χ3n) is 4.03. The molecule has 2 aromatic carbocycles. The molecule has 0 unspecified atom stereocenters. The fourth-order valence-electron chi connectivity index (χ4n) is 2.59. The standard InChI is InChI=1S/C20H25N3O3S.ClH/c1-2-14-22-27(25,26)19-10-8-18(9-11-19)20(24)23(16-13-21)15-12-17-6-4-3-5-7-17;/h2-11,22H,1,12-16,21H2;1H. The Kier molecular flexibility index (Phi) is 9.89. The van der Waals surface area contributed by atoms with Crippen molar-refractivity contribution in [2.75, 3.05) is 26.2 Å². The molecular weight excluding hydrogens is 398 g/mol. The maximum atomic E-state index is 12.8. The summed E-state index contributed by atoms with van der Waals surface area (Å²) in [5.41, 5.74) is 7.22. The number of carbonyl (C=O) groups excluding carboxylic acids is 1. The first-order chi connectivity index (χ1) is 13.0. The normalized spacial score (nSPS) is 10.8. The van der Waals surface area contributed by atoms with Gasteiger partial charge in [0.15, 0.2) is 0 Å². The van der Waals surface area contributed by atoms with E-state index < -0.39 is 10.0 Å². The Balaban J connectivity index is 0.00000392. The number of amides is 1. The first-order valence-corrected chi connectivity index (χ1v) is 10.2. The van der Waals surface area contributed by atoms with Crippen molar-refractivity contribution in [3.8, 4) is 0 Å². The molecule has 0 saturated carbocycles. The zero-order valence-corrected chi connectivity index (χ0v) is 17.2. The fourth-order valence-corrected chi connectivity index (χ4v) is 3.59. The molecule has 1 amide bonds. The fraction of sp³-hybridized carbons (Fsp3) is 0.250. The number of nitrogens with one attached hydrogen (secondary N) is 1. The van der Waals surface area contributed by atoms with E-state index in [9.17, 15) is 13.2 Å². The number of halogens is 1. The molecule has 0 saturated heterocycles. The Labute approximate surface area is 172 Å². The summed E-state index contributed by atoms with van der Waals surface area (Å²) < 4.78 is 26.6. The summed E-state index contributed by atoms with van der Waals surface area (Å²) in [5, 5.41) is 0. The Bertz CT molecular complexity index is 856. The summed E-state index contributed by atoms with van der Waals surface area (Å²) in [4.78, 5) is 14.6. The van der Waals surface area contributed by atoms with E-state index in [0.717, 1.165) is 12.0 Å². The summed E-state index contributed by atoms with van der Waals surface area (Å²) in [6.07, 6.45) is 2.19. The van der Waals surface area contributed by atoms with E-state index in [1.165, 1.54) is 30.3 Å². The number of carbonyl (C=O) groups is 1. The molecule has 0 aromatic heterocycles. The molecule has 0 aliphatic carbocycles. The predicted molar refractivity (Wildman–Crippen MR) is 114 cm³/mol. The van der Waals surface area contributed by atoms with E-state index in [0.29, 0.717) is 25.2 Å². The summed E-state index contributed by atoms with van der Waals surface area (Å²) in [6.45, 7) is 4.97. The van der Waals surface area contributed by atoms with Crippen LogP contribution >= 0.6 is 12.4 Å². The van der Waals surface area contributed by atoms with Gasteiger partial charge in [-0.2, -0.15) is 0 Å². The average molecular weight is 424 g/mol. The van der Waals surface area contributed by atoms with Crippen LogP contribution in [0.2, 0.25) is 0 Å². The highest BCUT2D eigenvalue weighted by Crippen LogP contribution is 2.13. The van der Waals surface area contributed by atoms with Gasteiger partial charge in [0.25, 0.3) is 5.91 Å². The molecule has 2 aromatic rings. The molecule has 28 heavy (non-hydrogen) atoms. The Morgan fingerprint density at radius 2 is 1.71 bits per heavy atom. The third-order valence-corrected chi connectivity index (χ3v) is 5.47. The Morgan fingerprint density at radius 1 is 1.07 bits per heavy atom. The van der Waals surface area contributed by atoms with Crippen LogP contribution in [0.1, 0.15) is 15.9 Å². The molecule has 0 heterocycles. The van der Waals surface area contributed by atoms with Gasteiger partial charge in [0.1, 0.15) is 0 Å². The van der Waals surface area contributed by atoms with Gasteiger partial charge >= 0.3 is 0 Å². The molecule has 2 rings (SSSR count). The van der Waals surface area contributed by atoms with Gasteiger partial charge in [0.2, 0.25) is 10.0 Å². The maximum Gasteiger partial charge on any atom is 0.253 e. The number of hydrogen-bond donors (Lipinski definition) is 2. The van der Waals surface area contributed by atoms with Gasteiger partial charge in [0, 0.05) is 31.7 Å². The molecule has 0 radical (unpaired) electrons. The van der Waals surface area contributed by atoms with E-state index >= 15 is 0 Å². The number of benzene rings is 2. The monoisotopic (exact) mass is 423 g/mol. The van der Waals surface area contributed by atoms with Crippen LogP contribution < -0.4 is 10.5 Å². The first-order valence-electron chi connectivity index (χ1n) is 8.72. The van der Waals surface area contributed by atoms with Crippen LogP contribution in [0.4, 0.5) is 0 Å². The van der Waals surface area contributed by atoms with Gasteiger partial charge in [-0.25, -0.2) is 13.1 Å². The summed E-state index contributed by atoms with van der Waals surface area (Å²) in [5.74, 6) is -0.167. The first kappa shape index (κ1) is 23.8. The van der Waals surface area contributed by atoms with Crippen LogP contribution in [0, 0.1) is 0 Å². The number of hydrogen-bond acceptors (Lipinski definition) is 4. The molecule has 152 valence electrons. The second-order valence-electron chi connectivity index (χ2n) is 5.98. The van der Waals surface area contributed by atoms with Gasteiger partial charge in [-0.05, 0) is 36.2 Å². The molecular formula is C20H26ClN3O3S. The van der Waals surface area contributed by atoms with Crippen LogP contribution in [0.3, 0.4) is 0 Å². The minimum absolute atomic E-state index is 0. The van der Waals surface area contributed by atoms with E-state index in [2.05, 4.69) is 11.3 Å². The number of rotatable bonds is 10. The van der Waals surface area contributed by atoms with Crippen molar-refractivity contribution < 1.29 is 13.2 Å². The average Bonchev–Trinajstić information content (AvgIpc) is 2.70. The minimum atomic E-state index is -3.61. The smallest absolute Gasteiger partial charge is 0.253 e. The van der Waals surface area contributed by atoms with Crippen molar-refractivity contribution in [3.05, 3.63) is 78.4 Å². The van der Waals surface area contributed by atoms with Crippen molar-refractivity contribution in [3.63, 3.8) is 0 Å². The molecule has 0 spiro atoms. The van der Waals surface area contributed by atoms with Gasteiger partial charge in [-0.15, -0.1) is 19.0 Å². The lowest BCUT2D eigenvalue weighted by Crippen LogP contribution is -2.37. The van der Waals surface area contributed by atoms with Crippen molar-refractivity contribution in [1.82, 2.24) is 9.62 Å². The second-order valence-corrected chi connectivity index (χ2v) is 7.75. The third kappa shape index (κ3) is 6.76. The van der Waals surface area contributed by atoms with Crippen molar-refractivity contribution >= 4 is 28.3 Å². The van der Waals surface area contributed by atoms with Crippen molar-refractivity contribution in [2.24, 2.45) is 5.73 Å². The molecule has 0 aliphatic heterocycles. The molecule has 3 N–H and O–H groups in total. The second kappa shape index (κ2) is 11.6. The van der Waals surface area contributed by atoms with E-state index in [1.54, 1.807) is 4.90 Å². The summed E-state index contributed by atoms with van der Waals surface area (Å²) >= 11 is 0. The van der Waals surface area contributed by atoms with Gasteiger partial charge < -0.3 is 10.6 Å². The highest BCUT2D eigenvalue weighted by Gasteiger charge is 2.17. The van der Waals surface area contributed by atoms with Gasteiger partial charge in [0.05, 0.1) is 4.90 Å². The molecule has 0 aliphatic rings. The molecule has 8 heteroatoms. The van der Waals surface area contributed by atoms with E-state index in [1.807, 2.05) is 30.3 Å². The highest BCUT2D eigenvalue weighted by molar-refractivity contribution is 7.89. The SMILES string of the molecule is C=CCNS(=O)(=O)c1ccc(C(=O)N(CCN)CCc2ccccc2)cc1.Cl. The number of nitrogens with two attached hydrogens (primary N) is 1. The van der Waals surface area contributed by atoms with Crippen molar-refractivity contribution in [1.29, 1.82) is 0 Å². The molecule has 0 fully saturated rings. The number of nitrogens with zero attached hydrogens (tertiary/aromatic N) is 1. The molecule has 0 bridgehead atoms. The zero-order chi connectivity index (χ0) is 19.7. The minimum Gasteiger partial charge on any atom is -0.337 e. The molecule has 6 nitrogen and oxygen atoms in total. The van der Waals surface area contributed by atoms with E-state index in [4.69, 9.17) is 5.73 Å². The van der Waals surface area contributed by atoms with Gasteiger partial charge in [-0.1, -0.05) is 36.4 Å². The lowest BCUT2D eigenvalue weighted by atomic mass is 10.1. The predicted octanol–water partition coefficient (Wildman–Crippen LogP) is 2.22. The summed E-state index contributed by atoms with van der Waals surface area (Å²) in [7, 11) is -3.61. The Morgan fingerprint density at radius 3 is 2.29 bits per heavy atom. The van der Waals surface area contributed by atoms with Crippen LogP contribution in [0.15, 0.2) is 72.1 Å². The quantitative estimate of drug-likeness (QED) is 0.573. The van der Waals surface area contributed by atoms with Crippen LogP contribution in [-0.4, -0.2) is 45.4 Å².